The second kappa shape index (κ2) is 7.43. The highest BCUT2D eigenvalue weighted by Gasteiger charge is 2.17. The topological polar surface area (TPSA) is 44.8 Å². The van der Waals surface area contributed by atoms with Gasteiger partial charge in [0.15, 0.2) is 0 Å². The molecule has 0 unspecified atom stereocenters. The van der Waals surface area contributed by atoms with Gasteiger partial charge in [0.2, 0.25) is 0 Å². The maximum absolute atomic E-state index is 12.4. The second-order valence-corrected chi connectivity index (χ2v) is 5.70. The highest BCUT2D eigenvalue weighted by Crippen LogP contribution is 2.17. The summed E-state index contributed by atoms with van der Waals surface area (Å²) in [6.07, 6.45) is 0. The van der Waals surface area contributed by atoms with Crippen molar-refractivity contribution in [1.29, 1.82) is 0 Å². The Balaban J connectivity index is 1.94. The van der Waals surface area contributed by atoms with E-state index in [1.165, 1.54) is 0 Å². The number of hydrogen-bond donors (Lipinski definition) is 1. The van der Waals surface area contributed by atoms with Gasteiger partial charge in [-0.2, -0.15) is 0 Å². The summed E-state index contributed by atoms with van der Waals surface area (Å²) in [6, 6.07) is 7.79. The molecule has 1 aromatic carbocycles. The molecule has 21 heavy (non-hydrogen) atoms. The number of amides is 1. The standard InChI is InChI=1S/C16H25N3O2/c1-13(12-19-8-10-21-11-9-19)17-16(20)14-6-4-5-7-15(14)18(2)3/h4-7,13H,8-12H2,1-3H3,(H,17,20)/t13-/m1/s1. The minimum atomic E-state index is -0.0138. The first kappa shape index (κ1) is 15.8. The van der Waals surface area contributed by atoms with Crippen molar-refractivity contribution in [3.63, 3.8) is 0 Å². The average molecular weight is 291 g/mol. The molecule has 1 heterocycles. The van der Waals surface area contributed by atoms with Crippen LogP contribution in [0.2, 0.25) is 0 Å². The van der Waals surface area contributed by atoms with E-state index in [0.717, 1.165) is 44.1 Å². The van der Waals surface area contributed by atoms with Gasteiger partial charge in [-0.3, -0.25) is 9.69 Å². The van der Waals surface area contributed by atoms with E-state index in [0.29, 0.717) is 0 Å². The number of morpholine rings is 1. The van der Waals surface area contributed by atoms with E-state index in [1.807, 2.05) is 50.2 Å². The van der Waals surface area contributed by atoms with Gasteiger partial charge in [-0.25, -0.2) is 0 Å². The van der Waals surface area contributed by atoms with Crippen LogP contribution in [-0.4, -0.2) is 63.8 Å². The zero-order chi connectivity index (χ0) is 15.2. The van der Waals surface area contributed by atoms with E-state index in [9.17, 15) is 4.79 Å². The number of para-hydroxylation sites is 1. The molecule has 0 saturated carbocycles. The zero-order valence-corrected chi connectivity index (χ0v) is 13.1. The molecule has 1 aliphatic heterocycles. The Morgan fingerprint density at radius 1 is 1.33 bits per heavy atom. The van der Waals surface area contributed by atoms with Gasteiger partial charge in [0.1, 0.15) is 0 Å². The third kappa shape index (κ3) is 4.44. The van der Waals surface area contributed by atoms with Crippen molar-refractivity contribution in [1.82, 2.24) is 10.2 Å². The van der Waals surface area contributed by atoms with Gasteiger partial charge in [0, 0.05) is 45.5 Å². The first-order valence-corrected chi connectivity index (χ1v) is 7.45. The van der Waals surface area contributed by atoms with Crippen molar-refractivity contribution in [2.75, 3.05) is 51.8 Å². The predicted octanol–water partition coefficient (Wildman–Crippen LogP) is 1.20. The number of benzene rings is 1. The van der Waals surface area contributed by atoms with Crippen LogP contribution in [-0.2, 0) is 4.74 Å². The number of rotatable bonds is 5. The molecule has 0 aromatic heterocycles. The van der Waals surface area contributed by atoms with Crippen LogP contribution in [0.25, 0.3) is 0 Å². The van der Waals surface area contributed by atoms with Crippen molar-refractivity contribution < 1.29 is 9.53 Å². The molecule has 1 fully saturated rings. The Morgan fingerprint density at radius 2 is 2.00 bits per heavy atom. The number of anilines is 1. The molecular weight excluding hydrogens is 266 g/mol. The fourth-order valence-electron chi connectivity index (χ4n) is 2.57. The SMILES string of the molecule is C[C@H](CN1CCOCC1)NC(=O)c1ccccc1N(C)C. The fourth-order valence-corrected chi connectivity index (χ4v) is 2.57. The third-order valence-electron chi connectivity index (χ3n) is 3.64. The number of carbonyl (C=O) groups is 1. The van der Waals surface area contributed by atoms with Crippen LogP contribution in [0.4, 0.5) is 5.69 Å². The van der Waals surface area contributed by atoms with E-state index in [4.69, 9.17) is 4.74 Å². The minimum absolute atomic E-state index is 0.0138. The summed E-state index contributed by atoms with van der Waals surface area (Å²) in [4.78, 5) is 16.7. The van der Waals surface area contributed by atoms with E-state index in [-0.39, 0.29) is 11.9 Å². The quantitative estimate of drug-likeness (QED) is 0.885. The van der Waals surface area contributed by atoms with Crippen LogP contribution in [0.1, 0.15) is 17.3 Å². The highest BCUT2D eigenvalue weighted by molar-refractivity contribution is 5.99. The molecule has 0 aliphatic carbocycles. The van der Waals surface area contributed by atoms with Crippen LogP contribution >= 0.6 is 0 Å². The van der Waals surface area contributed by atoms with Gasteiger partial charge in [0.25, 0.3) is 5.91 Å². The summed E-state index contributed by atoms with van der Waals surface area (Å²) in [5.74, 6) is -0.0138. The molecule has 5 heteroatoms. The van der Waals surface area contributed by atoms with Gasteiger partial charge in [0.05, 0.1) is 18.8 Å². The van der Waals surface area contributed by atoms with Crippen molar-refractivity contribution >= 4 is 11.6 Å². The van der Waals surface area contributed by atoms with E-state index < -0.39 is 0 Å². The molecule has 116 valence electrons. The molecule has 1 N–H and O–H groups in total. The van der Waals surface area contributed by atoms with Crippen LogP contribution in [0, 0.1) is 0 Å². The lowest BCUT2D eigenvalue weighted by Crippen LogP contribution is -2.46. The Morgan fingerprint density at radius 3 is 2.67 bits per heavy atom. The van der Waals surface area contributed by atoms with Crippen molar-refractivity contribution in [2.24, 2.45) is 0 Å². The van der Waals surface area contributed by atoms with Crippen molar-refractivity contribution in [3.05, 3.63) is 29.8 Å². The smallest absolute Gasteiger partial charge is 0.253 e. The summed E-state index contributed by atoms with van der Waals surface area (Å²) in [5.41, 5.74) is 1.66. The van der Waals surface area contributed by atoms with Crippen LogP contribution < -0.4 is 10.2 Å². The maximum Gasteiger partial charge on any atom is 0.253 e. The average Bonchev–Trinajstić information content (AvgIpc) is 2.48. The largest absolute Gasteiger partial charge is 0.379 e. The number of nitrogens with one attached hydrogen (secondary N) is 1. The van der Waals surface area contributed by atoms with Crippen molar-refractivity contribution in [2.45, 2.75) is 13.0 Å². The molecular formula is C16H25N3O2. The zero-order valence-electron chi connectivity index (χ0n) is 13.1. The second-order valence-electron chi connectivity index (χ2n) is 5.70. The van der Waals surface area contributed by atoms with Crippen molar-refractivity contribution in [3.8, 4) is 0 Å². The molecule has 2 rings (SSSR count). The lowest BCUT2D eigenvalue weighted by molar-refractivity contribution is 0.0342. The Labute approximate surface area is 126 Å². The monoisotopic (exact) mass is 291 g/mol. The van der Waals surface area contributed by atoms with Crippen LogP contribution in [0.15, 0.2) is 24.3 Å². The maximum atomic E-state index is 12.4. The molecule has 5 nitrogen and oxygen atoms in total. The lowest BCUT2D eigenvalue weighted by atomic mass is 10.1. The molecule has 0 radical (unpaired) electrons. The summed E-state index contributed by atoms with van der Waals surface area (Å²) in [6.45, 7) is 6.35. The molecule has 1 aromatic rings. The summed E-state index contributed by atoms with van der Waals surface area (Å²) >= 11 is 0. The normalized spacial score (nSPS) is 17.3. The van der Waals surface area contributed by atoms with E-state index in [1.54, 1.807) is 0 Å². The molecule has 1 saturated heterocycles. The molecule has 1 aliphatic rings. The van der Waals surface area contributed by atoms with E-state index in [2.05, 4.69) is 10.2 Å². The highest BCUT2D eigenvalue weighted by atomic mass is 16.5. The Hall–Kier alpha value is -1.59. The van der Waals surface area contributed by atoms with Crippen LogP contribution in [0.3, 0.4) is 0 Å². The van der Waals surface area contributed by atoms with Gasteiger partial charge in [-0.15, -0.1) is 0 Å². The number of hydrogen-bond acceptors (Lipinski definition) is 4. The van der Waals surface area contributed by atoms with Gasteiger partial charge in [-0.1, -0.05) is 12.1 Å². The number of carbonyl (C=O) groups excluding carboxylic acids is 1. The first-order valence-electron chi connectivity index (χ1n) is 7.45. The number of nitrogens with zero attached hydrogens (tertiary/aromatic N) is 2. The molecule has 0 spiro atoms. The molecule has 1 atom stereocenters. The van der Waals surface area contributed by atoms with Gasteiger partial charge < -0.3 is 15.0 Å². The van der Waals surface area contributed by atoms with Gasteiger partial charge in [-0.05, 0) is 19.1 Å². The number of ether oxygens (including phenoxy) is 1. The summed E-state index contributed by atoms with van der Waals surface area (Å²) in [7, 11) is 3.90. The Bertz CT molecular complexity index is 470. The summed E-state index contributed by atoms with van der Waals surface area (Å²) < 4.78 is 5.34. The fraction of sp³-hybridized carbons (Fsp3) is 0.562. The Kier molecular flexibility index (Phi) is 5.59. The molecule has 1 amide bonds. The summed E-state index contributed by atoms with van der Waals surface area (Å²) in [5, 5.41) is 3.09. The van der Waals surface area contributed by atoms with Gasteiger partial charge >= 0.3 is 0 Å². The predicted molar refractivity (Wildman–Crippen MR) is 85.0 cm³/mol. The minimum Gasteiger partial charge on any atom is -0.379 e. The molecule has 0 bridgehead atoms. The lowest BCUT2D eigenvalue weighted by Gasteiger charge is -2.29. The van der Waals surface area contributed by atoms with Crippen LogP contribution in [0.5, 0.6) is 0 Å². The first-order chi connectivity index (χ1) is 10.1. The van der Waals surface area contributed by atoms with E-state index >= 15 is 0 Å². The third-order valence-corrected chi connectivity index (χ3v) is 3.64.